The highest BCUT2D eigenvalue weighted by molar-refractivity contribution is 9.10. The van der Waals surface area contributed by atoms with Crippen molar-refractivity contribution in [3.05, 3.63) is 46.6 Å². The highest BCUT2D eigenvalue weighted by Crippen LogP contribution is 2.10. The summed E-state index contributed by atoms with van der Waals surface area (Å²) in [6.45, 7) is 0.589. The van der Waals surface area contributed by atoms with Crippen LogP contribution in [0.5, 0.6) is 0 Å². The molecule has 2 N–H and O–H groups in total. The van der Waals surface area contributed by atoms with E-state index in [9.17, 15) is 4.79 Å². The molecule has 2 amide bonds. The maximum atomic E-state index is 11.6. The number of amides is 2. The Morgan fingerprint density at radius 2 is 2.05 bits per heavy atom. The summed E-state index contributed by atoms with van der Waals surface area (Å²) >= 11 is 3.39. The van der Waals surface area contributed by atoms with Crippen molar-refractivity contribution in [3.8, 4) is 0 Å². The van der Waals surface area contributed by atoms with Crippen LogP contribution in [0.1, 0.15) is 5.56 Å². The molecule has 2 aromatic rings. The summed E-state index contributed by atoms with van der Waals surface area (Å²) in [5.74, 6) is 0.668. The van der Waals surface area contributed by atoms with Gasteiger partial charge in [0.2, 0.25) is 0 Å². The largest absolute Gasteiger partial charge is 0.337 e. The van der Waals surface area contributed by atoms with E-state index in [2.05, 4.69) is 31.7 Å². The van der Waals surface area contributed by atoms with Gasteiger partial charge in [0, 0.05) is 24.1 Å². The van der Waals surface area contributed by atoms with Gasteiger partial charge in [-0.15, -0.1) is 0 Å². The lowest BCUT2D eigenvalue weighted by Gasteiger charge is -2.07. The molecule has 0 atom stereocenters. The average molecular weight is 323 g/mol. The Morgan fingerprint density at radius 3 is 2.68 bits per heavy atom. The number of urea groups is 1. The molecule has 100 valence electrons. The van der Waals surface area contributed by atoms with Crippen LogP contribution in [-0.2, 0) is 13.5 Å². The normalized spacial score (nSPS) is 10.2. The van der Waals surface area contributed by atoms with Gasteiger partial charge in [-0.1, -0.05) is 28.1 Å². The highest BCUT2D eigenvalue weighted by Gasteiger charge is 2.03. The molecule has 19 heavy (non-hydrogen) atoms. The van der Waals surface area contributed by atoms with Crippen molar-refractivity contribution in [1.82, 2.24) is 15.1 Å². The first-order chi connectivity index (χ1) is 9.15. The first kappa shape index (κ1) is 13.6. The second-order valence-electron chi connectivity index (χ2n) is 4.10. The van der Waals surface area contributed by atoms with E-state index in [-0.39, 0.29) is 6.03 Å². The predicted molar refractivity (Wildman–Crippen MR) is 78.1 cm³/mol. The summed E-state index contributed by atoms with van der Waals surface area (Å²) in [6.07, 6.45) is 2.43. The second kappa shape index (κ2) is 6.38. The number of carbonyl (C=O) groups is 1. The Morgan fingerprint density at radius 1 is 1.32 bits per heavy atom. The van der Waals surface area contributed by atoms with Crippen LogP contribution in [0.15, 0.2) is 41.0 Å². The van der Waals surface area contributed by atoms with E-state index in [1.165, 1.54) is 5.56 Å². The lowest BCUT2D eigenvalue weighted by molar-refractivity contribution is 0.252. The molecule has 0 spiro atoms. The summed E-state index contributed by atoms with van der Waals surface area (Å²) in [4.78, 5) is 11.6. The monoisotopic (exact) mass is 322 g/mol. The molecule has 2 rings (SSSR count). The number of anilines is 1. The van der Waals surface area contributed by atoms with E-state index in [1.807, 2.05) is 24.3 Å². The minimum Gasteiger partial charge on any atom is -0.337 e. The van der Waals surface area contributed by atoms with Crippen LogP contribution in [0.25, 0.3) is 0 Å². The topological polar surface area (TPSA) is 59.0 Å². The van der Waals surface area contributed by atoms with Gasteiger partial charge >= 0.3 is 6.03 Å². The van der Waals surface area contributed by atoms with Crippen LogP contribution in [0, 0.1) is 0 Å². The lowest BCUT2D eigenvalue weighted by atomic mass is 10.1. The fourth-order valence-corrected chi connectivity index (χ4v) is 1.89. The third kappa shape index (κ3) is 4.10. The van der Waals surface area contributed by atoms with E-state index in [0.29, 0.717) is 12.4 Å². The molecular formula is C13H15BrN4O. The molecule has 1 heterocycles. The van der Waals surface area contributed by atoms with E-state index < -0.39 is 0 Å². The molecule has 0 saturated heterocycles. The summed E-state index contributed by atoms with van der Waals surface area (Å²) in [6, 6.07) is 9.57. The molecule has 0 aliphatic carbocycles. The summed E-state index contributed by atoms with van der Waals surface area (Å²) in [7, 11) is 1.78. The van der Waals surface area contributed by atoms with Gasteiger partial charge in [0.15, 0.2) is 0 Å². The summed E-state index contributed by atoms with van der Waals surface area (Å²) < 4.78 is 2.66. The zero-order chi connectivity index (χ0) is 13.7. The van der Waals surface area contributed by atoms with E-state index in [1.54, 1.807) is 24.0 Å². The number of hydrogen-bond acceptors (Lipinski definition) is 2. The third-order valence-electron chi connectivity index (χ3n) is 2.68. The quantitative estimate of drug-likeness (QED) is 0.908. The molecular weight excluding hydrogens is 308 g/mol. The maximum Gasteiger partial charge on any atom is 0.320 e. The number of carbonyl (C=O) groups excluding carboxylic acids is 1. The smallest absolute Gasteiger partial charge is 0.320 e. The first-order valence-corrected chi connectivity index (χ1v) is 6.72. The van der Waals surface area contributed by atoms with Gasteiger partial charge in [0.25, 0.3) is 0 Å². The Hall–Kier alpha value is -1.82. The van der Waals surface area contributed by atoms with Crippen molar-refractivity contribution in [2.75, 3.05) is 11.9 Å². The zero-order valence-corrected chi connectivity index (χ0v) is 12.1. The number of halogens is 1. The van der Waals surface area contributed by atoms with Crippen LogP contribution in [0.3, 0.4) is 0 Å². The Labute approximate surface area is 120 Å². The molecule has 0 aliphatic heterocycles. The molecule has 0 unspecified atom stereocenters. The standard InChI is InChI=1S/C13H15BrN4O/c1-18-12(7-9-16-18)17-13(19)15-8-6-10-2-4-11(14)5-3-10/h2-5,7,9H,6,8H2,1H3,(H2,15,17,19). The fourth-order valence-electron chi connectivity index (χ4n) is 1.63. The van der Waals surface area contributed by atoms with E-state index >= 15 is 0 Å². The highest BCUT2D eigenvalue weighted by atomic mass is 79.9. The number of aromatic nitrogens is 2. The third-order valence-corrected chi connectivity index (χ3v) is 3.20. The van der Waals surface area contributed by atoms with Crippen molar-refractivity contribution >= 4 is 27.8 Å². The van der Waals surface area contributed by atoms with Crippen LogP contribution >= 0.6 is 15.9 Å². The average Bonchev–Trinajstić information content (AvgIpc) is 2.78. The van der Waals surface area contributed by atoms with Gasteiger partial charge in [-0.05, 0) is 24.1 Å². The number of benzene rings is 1. The van der Waals surface area contributed by atoms with Crippen molar-refractivity contribution in [1.29, 1.82) is 0 Å². The Kier molecular flexibility index (Phi) is 4.57. The van der Waals surface area contributed by atoms with Gasteiger partial charge in [-0.2, -0.15) is 5.10 Å². The molecule has 5 nitrogen and oxygen atoms in total. The molecule has 0 bridgehead atoms. The number of nitrogens with one attached hydrogen (secondary N) is 2. The van der Waals surface area contributed by atoms with E-state index in [4.69, 9.17) is 0 Å². The van der Waals surface area contributed by atoms with Crippen LogP contribution in [-0.4, -0.2) is 22.4 Å². The lowest BCUT2D eigenvalue weighted by Crippen LogP contribution is -2.31. The van der Waals surface area contributed by atoms with Crippen LogP contribution < -0.4 is 10.6 Å². The molecule has 0 radical (unpaired) electrons. The molecule has 6 heteroatoms. The minimum atomic E-state index is -0.222. The van der Waals surface area contributed by atoms with Crippen molar-refractivity contribution in [3.63, 3.8) is 0 Å². The minimum absolute atomic E-state index is 0.222. The molecule has 0 fully saturated rings. The first-order valence-electron chi connectivity index (χ1n) is 5.92. The fraction of sp³-hybridized carbons (Fsp3) is 0.231. The van der Waals surface area contributed by atoms with Gasteiger partial charge in [0.05, 0.1) is 6.20 Å². The van der Waals surface area contributed by atoms with Crippen molar-refractivity contribution < 1.29 is 4.79 Å². The number of aryl methyl sites for hydroxylation is 1. The molecule has 0 saturated carbocycles. The van der Waals surface area contributed by atoms with Crippen LogP contribution in [0.4, 0.5) is 10.6 Å². The van der Waals surface area contributed by atoms with Gasteiger partial charge < -0.3 is 5.32 Å². The van der Waals surface area contributed by atoms with Crippen molar-refractivity contribution in [2.45, 2.75) is 6.42 Å². The SMILES string of the molecule is Cn1nccc1NC(=O)NCCc1ccc(Br)cc1. The number of nitrogens with zero attached hydrogens (tertiary/aromatic N) is 2. The predicted octanol–water partition coefficient (Wildman–Crippen LogP) is 2.55. The van der Waals surface area contributed by atoms with Crippen molar-refractivity contribution in [2.24, 2.45) is 7.05 Å². The Bertz CT molecular complexity index is 550. The van der Waals surface area contributed by atoms with Gasteiger partial charge in [-0.25, -0.2) is 4.79 Å². The Balaban J connectivity index is 1.75. The number of hydrogen-bond donors (Lipinski definition) is 2. The second-order valence-corrected chi connectivity index (χ2v) is 5.01. The molecule has 0 aliphatic rings. The van der Waals surface area contributed by atoms with Gasteiger partial charge in [-0.3, -0.25) is 10.00 Å². The van der Waals surface area contributed by atoms with Crippen LogP contribution in [0.2, 0.25) is 0 Å². The summed E-state index contributed by atoms with van der Waals surface area (Å²) in [5, 5.41) is 9.51. The zero-order valence-electron chi connectivity index (χ0n) is 10.6. The molecule has 1 aromatic heterocycles. The maximum absolute atomic E-state index is 11.6. The number of rotatable bonds is 4. The van der Waals surface area contributed by atoms with E-state index in [0.717, 1.165) is 10.9 Å². The molecule has 1 aromatic carbocycles. The summed E-state index contributed by atoms with van der Waals surface area (Å²) in [5.41, 5.74) is 1.18. The van der Waals surface area contributed by atoms with Gasteiger partial charge in [0.1, 0.15) is 5.82 Å².